The number of halogens is 1. The molecule has 2 aliphatic heterocycles. The number of carbonyl (C=O) groups is 4. The molecule has 0 unspecified atom stereocenters. The quantitative estimate of drug-likeness (QED) is 0.0860. The van der Waals surface area contributed by atoms with Gasteiger partial charge in [-0.05, 0) is 97.5 Å². The van der Waals surface area contributed by atoms with E-state index in [9.17, 15) is 19.5 Å². The van der Waals surface area contributed by atoms with Crippen molar-refractivity contribution in [3.05, 3.63) is 160 Å². The van der Waals surface area contributed by atoms with E-state index in [0.717, 1.165) is 27.3 Å². The molecule has 10 nitrogen and oxygen atoms in total. The second-order valence-electron chi connectivity index (χ2n) is 15.8. The van der Waals surface area contributed by atoms with Gasteiger partial charge in [0, 0.05) is 22.1 Å². The van der Waals surface area contributed by atoms with Gasteiger partial charge in [0.15, 0.2) is 0 Å². The molecule has 302 valence electrons. The number of carbonyl (C=O) groups excluding carboxylic acids is 4. The second kappa shape index (κ2) is 15.2. The summed E-state index contributed by atoms with van der Waals surface area (Å²) in [4.78, 5) is 60.7. The first-order valence-corrected chi connectivity index (χ1v) is 20.3. The number of fused-ring (bicyclic) bond motifs is 4. The fraction of sp³-hybridized carbons (Fsp3) is 0.224. The van der Waals surface area contributed by atoms with Gasteiger partial charge in [0.25, 0.3) is 11.8 Å². The highest BCUT2D eigenvalue weighted by Crippen LogP contribution is 2.65. The molecule has 2 N–H and O–H groups in total. The Hall–Kier alpha value is -6.65. The van der Waals surface area contributed by atoms with Gasteiger partial charge in [-0.2, -0.15) is 5.01 Å². The van der Waals surface area contributed by atoms with E-state index in [2.05, 4.69) is 5.43 Å². The van der Waals surface area contributed by atoms with Crippen molar-refractivity contribution in [2.24, 2.45) is 23.7 Å². The van der Waals surface area contributed by atoms with Crippen LogP contribution >= 0.6 is 11.6 Å². The van der Waals surface area contributed by atoms with Crippen molar-refractivity contribution in [1.82, 2.24) is 5.01 Å². The van der Waals surface area contributed by atoms with Crippen LogP contribution in [0.3, 0.4) is 0 Å². The zero-order valence-corrected chi connectivity index (χ0v) is 33.9. The molecule has 11 heteroatoms. The second-order valence-corrected chi connectivity index (χ2v) is 16.3. The summed E-state index contributed by atoms with van der Waals surface area (Å²) in [6, 6.07) is 34.0. The number of allylic oxidation sites excluding steroid dienone is 2. The number of benzene rings is 5. The van der Waals surface area contributed by atoms with Crippen molar-refractivity contribution in [2.75, 3.05) is 24.5 Å². The van der Waals surface area contributed by atoms with Crippen molar-refractivity contribution < 1.29 is 33.8 Å². The summed E-state index contributed by atoms with van der Waals surface area (Å²) in [5, 5.41) is 13.1. The van der Waals surface area contributed by atoms with Crippen molar-refractivity contribution >= 4 is 58.8 Å². The van der Waals surface area contributed by atoms with Crippen LogP contribution in [-0.4, -0.2) is 48.0 Å². The van der Waals surface area contributed by atoms with Gasteiger partial charge in [-0.25, -0.2) is 0 Å². The molecule has 4 amide bonds. The number of nitrogens with one attached hydrogen (secondary N) is 1. The maximum atomic E-state index is 15.3. The number of hydrazine groups is 1. The molecule has 5 aromatic rings. The predicted molar refractivity (Wildman–Crippen MR) is 229 cm³/mol. The van der Waals surface area contributed by atoms with Crippen molar-refractivity contribution in [1.29, 1.82) is 0 Å². The third kappa shape index (κ3) is 6.16. The molecule has 3 fully saturated rings. The van der Waals surface area contributed by atoms with E-state index in [-0.39, 0.29) is 30.4 Å². The predicted octanol–water partition coefficient (Wildman–Crippen LogP) is 8.73. The first kappa shape index (κ1) is 38.8. The molecule has 2 heterocycles. The lowest BCUT2D eigenvalue weighted by Crippen LogP contribution is -2.53. The number of ether oxygens (including phenoxy) is 2. The number of phenolic OH excluding ortho intramolecular Hbond substituents is 1. The molecule has 0 spiro atoms. The number of phenols is 1. The third-order valence-corrected chi connectivity index (χ3v) is 13.0. The van der Waals surface area contributed by atoms with Crippen LogP contribution in [0.5, 0.6) is 17.2 Å². The number of imide groups is 2. The Morgan fingerprint density at radius 3 is 2.27 bits per heavy atom. The minimum Gasteiger partial charge on any atom is -0.508 e. The van der Waals surface area contributed by atoms with Gasteiger partial charge in [-0.3, -0.25) is 29.5 Å². The zero-order valence-electron chi connectivity index (χ0n) is 33.2. The molecular formula is C49H42ClN3O7. The molecule has 9 rings (SSSR count). The summed E-state index contributed by atoms with van der Waals surface area (Å²) in [6.07, 6.45) is 6.14. The first-order valence-electron chi connectivity index (χ1n) is 19.9. The van der Waals surface area contributed by atoms with E-state index in [0.29, 0.717) is 39.0 Å². The van der Waals surface area contributed by atoms with Crippen LogP contribution in [-0.2, 0) is 24.6 Å². The van der Waals surface area contributed by atoms with Gasteiger partial charge in [0.05, 0.1) is 48.8 Å². The maximum Gasteiger partial charge on any atom is 0.260 e. The Bertz CT molecular complexity index is 2610. The number of rotatable bonds is 9. The fourth-order valence-corrected chi connectivity index (χ4v) is 10.2. The average molecular weight is 820 g/mol. The zero-order chi connectivity index (χ0) is 41.9. The lowest BCUT2D eigenvalue weighted by atomic mass is 9.49. The summed E-state index contributed by atoms with van der Waals surface area (Å²) in [5.41, 5.74) is 6.93. The number of amides is 4. The largest absolute Gasteiger partial charge is 0.508 e. The Morgan fingerprint density at radius 2 is 1.55 bits per heavy atom. The van der Waals surface area contributed by atoms with Crippen LogP contribution < -0.4 is 19.8 Å². The van der Waals surface area contributed by atoms with Crippen molar-refractivity contribution in [3.8, 4) is 17.2 Å². The molecule has 1 saturated carbocycles. The van der Waals surface area contributed by atoms with Crippen LogP contribution in [0, 0.1) is 30.6 Å². The molecule has 2 aliphatic carbocycles. The smallest absolute Gasteiger partial charge is 0.260 e. The molecule has 0 aromatic heterocycles. The highest BCUT2D eigenvalue weighted by atomic mass is 35.5. The van der Waals surface area contributed by atoms with Crippen molar-refractivity contribution in [2.45, 2.75) is 31.1 Å². The van der Waals surface area contributed by atoms with Crippen LogP contribution in [0.25, 0.3) is 12.2 Å². The maximum absolute atomic E-state index is 15.3. The highest BCUT2D eigenvalue weighted by Gasteiger charge is 2.70. The highest BCUT2D eigenvalue weighted by molar-refractivity contribution is 6.30. The van der Waals surface area contributed by atoms with Gasteiger partial charge >= 0.3 is 0 Å². The molecule has 0 bridgehead atoms. The molecule has 4 aliphatic rings. The van der Waals surface area contributed by atoms with Crippen LogP contribution in [0.4, 0.5) is 11.4 Å². The Kier molecular flexibility index (Phi) is 9.83. The Balaban J connectivity index is 1.11. The van der Waals surface area contributed by atoms with E-state index in [1.165, 1.54) is 11.0 Å². The summed E-state index contributed by atoms with van der Waals surface area (Å²) in [5.74, 6) is -4.31. The topological polar surface area (TPSA) is 125 Å². The number of methoxy groups -OCH3 is 2. The summed E-state index contributed by atoms with van der Waals surface area (Å²) in [7, 11) is 3.20. The van der Waals surface area contributed by atoms with Gasteiger partial charge in [0.1, 0.15) is 17.2 Å². The van der Waals surface area contributed by atoms with Gasteiger partial charge in [0.2, 0.25) is 11.8 Å². The van der Waals surface area contributed by atoms with E-state index in [1.54, 1.807) is 50.6 Å². The van der Waals surface area contributed by atoms with E-state index < -0.39 is 46.8 Å². The number of anilines is 2. The average Bonchev–Trinajstić information content (AvgIpc) is 3.65. The number of hydrogen-bond acceptors (Lipinski definition) is 8. The lowest BCUT2D eigenvalue weighted by Gasteiger charge is -2.50. The molecule has 60 heavy (non-hydrogen) atoms. The number of aromatic hydroxyl groups is 1. The molecular weight excluding hydrogens is 778 g/mol. The molecule has 5 aromatic carbocycles. The van der Waals surface area contributed by atoms with Crippen LogP contribution in [0.1, 0.15) is 46.6 Å². The SMILES string of the molecule is COc1ccc(OC)c(C=Cc2ccc(N3C(=O)[C@H]4[C@H](CC=C5[C@H]4C[C@H]4C(=O)N(Nc6ccc(C)cc6)C(=O)[C@@]4(c4ccccc4)[C@H]5c4cc(Cl)ccc4O)C3=O)cc2)c1. The lowest BCUT2D eigenvalue weighted by molar-refractivity contribution is -0.138. The minimum absolute atomic E-state index is 0.0956. The minimum atomic E-state index is -1.53. The summed E-state index contributed by atoms with van der Waals surface area (Å²) >= 11 is 6.64. The van der Waals surface area contributed by atoms with E-state index >= 15 is 4.79 Å². The number of nitrogens with zero attached hydrogens (tertiary/aromatic N) is 2. The number of hydrogen-bond donors (Lipinski definition) is 2. The Morgan fingerprint density at radius 1 is 0.800 bits per heavy atom. The molecule has 0 radical (unpaired) electrons. The van der Waals surface area contributed by atoms with Crippen LogP contribution in [0.2, 0.25) is 5.02 Å². The monoisotopic (exact) mass is 819 g/mol. The van der Waals surface area contributed by atoms with Crippen LogP contribution in [0.15, 0.2) is 127 Å². The fourth-order valence-electron chi connectivity index (χ4n) is 9.99. The summed E-state index contributed by atoms with van der Waals surface area (Å²) < 4.78 is 10.9. The van der Waals surface area contributed by atoms with E-state index in [4.69, 9.17) is 21.1 Å². The Labute approximate surface area is 352 Å². The third-order valence-electron chi connectivity index (χ3n) is 12.7. The van der Waals surface area contributed by atoms with E-state index in [1.807, 2.05) is 97.9 Å². The number of aryl methyl sites for hydroxylation is 1. The first-order chi connectivity index (χ1) is 29.0. The van der Waals surface area contributed by atoms with Gasteiger partial charge in [-0.1, -0.05) is 95.6 Å². The molecule has 6 atom stereocenters. The van der Waals surface area contributed by atoms with Gasteiger partial charge < -0.3 is 14.6 Å². The van der Waals surface area contributed by atoms with Gasteiger partial charge in [-0.15, -0.1) is 0 Å². The van der Waals surface area contributed by atoms with Crippen molar-refractivity contribution in [3.63, 3.8) is 0 Å². The normalized spacial score (nSPS) is 24.6. The summed E-state index contributed by atoms with van der Waals surface area (Å²) in [6.45, 7) is 1.95. The standard InChI is InChI=1S/C49H42ClN3O7/c1-28-9-16-33(17-10-28)51-53-46(56)40-27-38-36(44(39-26-32(50)15-23-41(39)54)49(40,48(53)58)31-7-5-4-6-8-31)21-22-37-43(38)47(57)52(45(37)55)34-18-12-29(13-19-34)11-14-30-25-35(59-2)20-24-42(30)60-3/h4-21,23-26,37-38,40,43-44,51,54H,22,27H2,1-3H3/t37-,38+,40-,43-,44+,49+/m0/s1. The molecule has 2 saturated heterocycles.